The number of hydrogen-bond acceptors (Lipinski definition) is 9. The summed E-state index contributed by atoms with van der Waals surface area (Å²) >= 11 is 0. The van der Waals surface area contributed by atoms with Gasteiger partial charge in [-0.05, 0) is 38.5 Å². The highest BCUT2D eigenvalue weighted by molar-refractivity contribution is 5.69. The Balaban J connectivity index is 2.07. The summed E-state index contributed by atoms with van der Waals surface area (Å²) < 4.78 is 15.4. The van der Waals surface area contributed by atoms with E-state index in [1.54, 1.807) is 0 Å². The molecule has 6 atom stereocenters. The van der Waals surface area contributed by atoms with Crippen molar-refractivity contribution in [2.24, 2.45) is 0 Å². The quantitative estimate of drug-likeness (QED) is 0.117. The van der Waals surface area contributed by atoms with Crippen molar-refractivity contribution in [3.63, 3.8) is 0 Å². The maximum atomic E-state index is 11.8. The summed E-state index contributed by atoms with van der Waals surface area (Å²) in [7, 11) is 0. The molecule has 0 aromatic carbocycles. The van der Waals surface area contributed by atoms with Crippen molar-refractivity contribution < 1.29 is 44.5 Å². The predicted molar refractivity (Wildman–Crippen MR) is 127 cm³/mol. The Bertz CT molecular complexity index is 618. The van der Waals surface area contributed by atoms with Crippen molar-refractivity contribution in [2.45, 2.75) is 95.1 Å². The minimum absolute atomic E-state index is 0.262. The predicted octanol–water partition coefficient (Wildman–Crippen LogP) is 1.52. The Morgan fingerprint density at radius 2 is 1.59 bits per heavy atom. The number of ether oxygens (including phenoxy) is 3. The second-order valence-corrected chi connectivity index (χ2v) is 8.26. The van der Waals surface area contributed by atoms with Gasteiger partial charge < -0.3 is 39.7 Å². The third-order valence-corrected chi connectivity index (χ3v) is 5.27. The number of carbonyl (C=O) groups is 1. The molecule has 9 heteroatoms. The standard InChI is InChI=1S/C25H42O9/c1-2-3-4-5-6-7-8-9-10-11-12-13-14-15-21(28)32-17-19(27)18-33-25-24(31)23(30)22(29)20(16-26)34-25/h3-4,6-7,9-10,19-20,22-27,29-31H,2,5,8,11-18H2,1H3/b4-3-,7-6-,10-9-. The molecule has 0 bridgehead atoms. The van der Waals surface area contributed by atoms with Gasteiger partial charge in [0.2, 0.25) is 0 Å². The third-order valence-electron chi connectivity index (χ3n) is 5.27. The van der Waals surface area contributed by atoms with E-state index in [9.17, 15) is 25.2 Å². The molecule has 6 unspecified atom stereocenters. The number of hydrogen-bond donors (Lipinski definition) is 5. The number of aliphatic hydroxyl groups is 5. The Morgan fingerprint density at radius 1 is 0.912 bits per heavy atom. The van der Waals surface area contributed by atoms with Crippen LogP contribution in [0.25, 0.3) is 0 Å². The zero-order chi connectivity index (χ0) is 25.2. The third kappa shape index (κ3) is 12.8. The lowest BCUT2D eigenvalue weighted by molar-refractivity contribution is -0.305. The van der Waals surface area contributed by atoms with Crippen LogP contribution in [0.4, 0.5) is 0 Å². The highest BCUT2D eigenvalue weighted by Crippen LogP contribution is 2.22. The molecule has 0 aromatic heterocycles. The first-order chi connectivity index (χ1) is 16.4. The number of unbranched alkanes of at least 4 members (excludes halogenated alkanes) is 3. The molecule has 1 saturated heterocycles. The van der Waals surface area contributed by atoms with Crippen LogP contribution in [0.5, 0.6) is 0 Å². The number of rotatable bonds is 17. The van der Waals surface area contributed by atoms with Gasteiger partial charge in [-0.2, -0.15) is 0 Å². The number of allylic oxidation sites excluding steroid dienone is 6. The van der Waals surface area contributed by atoms with Gasteiger partial charge >= 0.3 is 5.97 Å². The van der Waals surface area contributed by atoms with Crippen LogP contribution in [0.1, 0.15) is 58.3 Å². The first-order valence-electron chi connectivity index (χ1n) is 12.1. The average Bonchev–Trinajstić information content (AvgIpc) is 2.83. The summed E-state index contributed by atoms with van der Waals surface area (Å²) in [6.07, 6.45) is 11.5. The first-order valence-corrected chi connectivity index (χ1v) is 12.1. The molecule has 1 fully saturated rings. The monoisotopic (exact) mass is 486 g/mol. The van der Waals surface area contributed by atoms with Crippen LogP contribution in [0, 0.1) is 0 Å². The number of aliphatic hydroxyl groups excluding tert-OH is 5. The van der Waals surface area contributed by atoms with E-state index in [1.807, 2.05) is 0 Å². The summed E-state index contributed by atoms with van der Waals surface area (Å²) in [5.41, 5.74) is 0. The van der Waals surface area contributed by atoms with Crippen molar-refractivity contribution in [1.82, 2.24) is 0 Å². The van der Waals surface area contributed by atoms with Gasteiger partial charge in [0.15, 0.2) is 6.29 Å². The second kappa shape index (κ2) is 18.7. The molecule has 0 aliphatic carbocycles. The molecule has 0 aromatic rings. The van der Waals surface area contributed by atoms with E-state index in [4.69, 9.17) is 19.3 Å². The van der Waals surface area contributed by atoms with Gasteiger partial charge in [-0.15, -0.1) is 0 Å². The van der Waals surface area contributed by atoms with E-state index in [-0.39, 0.29) is 19.6 Å². The van der Waals surface area contributed by atoms with Crippen molar-refractivity contribution in [3.05, 3.63) is 36.5 Å². The largest absolute Gasteiger partial charge is 0.463 e. The smallest absolute Gasteiger partial charge is 0.305 e. The SMILES string of the molecule is CC/C=C\C/C=C\C/C=C\CCCCCC(=O)OCC(O)COC1OC(CO)C(O)C(O)C1O. The molecule has 1 aliphatic rings. The molecule has 1 rings (SSSR count). The van der Waals surface area contributed by atoms with E-state index in [2.05, 4.69) is 43.4 Å². The van der Waals surface area contributed by atoms with Crippen molar-refractivity contribution in [1.29, 1.82) is 0 Å². The van der Waals surface area contributed by atoms with Gasteiger partial charge in [0.1, 0.15) is 37.1 Å². The normalized spacial score (nSPS) is 26.6. The second-order valence-electron chi connectivity index (χ2n) is 8.26. The fourth-order valence-corrected chi connectivity index (χ4v) is 3.26. The molecule has 34 heavy (non-hydrogen) atoms. The fourth-order valence-electron chi connectivity index (χ4n) is 3.26. The molecular weight excluding hydrogens is 444 g/mol. The van der Waals surface area contributed by atoms with Crippen LogP contribution in [-0.4, -0.2) is 88.1 Å². The van der Waals surface area contributed by atoms with E-state index in [1.165, 1.54) is 0 Å². The Labute approximate surface area is 202 Å². The summed E-state index contributed by atoms with van der Waals surface area (Å²) in [6.45, 7) is 0.940. The van der Waals surface area contributed by atoms with E-state index in [0.717, 1.165) is 38.5 Å². The van der Waals surface area contributed by atoms with Gasteiger partial charge in [0.05, 0.1) is 13.2 Å². The molecule has 1 heterocycles. The van der Waals surface area contributed by atoms with E-state index >= 15 is 0 Å². The van der Waals surface area contributed by atoms with Crippen LogP contribution in [0.3, 0.4) is 0 Å². The zero-order valence-electron chi connectivity index (χ0n) is 20.1. The van der Waals surface area contributed by atoms with Crippen LogP contribution in [0.15, 0.2) is 36.5 Å². The maximum absolute atomic E-state index is 11.8. The zero-order valence-corrected chi connectivity index (χ0v) is 20.1. The summed E-state index contributed by atoms with van der Waals surface area (Å²) in [4.78, 5) is 11.8. The molecule has 1 aliphatic heterocycles. The van der Waals surface area contributed by atoms with Gasteiger partial charge in [-0.1, -0.05) is 49.8 Å². The van der Waals surface area contributed by atoms with E-state index < -0.39 is 49.4 Å². The lowest BCUT2D eigenvalue weighted by Crippen LogP contribution is -2.59. The molecule has 9 nitrogen and oxygen atoms in total. The first kappa shape index (κ1) is 30.4. The lowest BCUT2D eigenvalue weighted by Gasteiger charge is -2.39. The minimum Gasteiger partial charge on any atom is -0.463 e. The van der Waals surface area contributed by atoms with Crippen molar-refractivity contribution in [2.75, 3.05) is 19.8 Å². The van der Waals surface area contributed by atoms with Gasteiger partial charge in [-0.3, -0.25) is 4.79 Å². The molecule has 0 amide bonds. The molecule has 0 saturated carbocycles. The summed E-state index contributed by atoms with van der Waals surface area (Å²) in [5, 5.41) is 48.4. The topological polar surface area (TPSA) is 146 Å². The Kier molecular flexibility index (Phi) is 16.7. The van der Waals surface area contributed by atoms with E-state index in [0.29, 0.717) is 6.42 Å². The minimum atomic E-state index is -1.56. The molecule has 5 N–H and O–H groups in total. The van der Waals surface area contributed by atoms with Crippen molar-refractivity contribution >= 4 is 5.97 Å². The maximum Gasteiger partial charge on any atom is 0.305 e. The highest BCUT2D eigenvalue weighted by Gasteiger charge is 2.44. The number of carbonyl (C=O) groups excluding carboxylic acids is 1. The molecule has 0 spiro atoms. The van der Waals surface area contributed by atoms with Gasteiger partial charge in [0, 0.05) is 6.42 Å². The van der Waals surface area contributed by atoms with Crippen molar-refractivity contribution in [3.8, 4) is 0 Å². The number of esters is 1. The molecule has 196 valence electrons. The lowest BCUT2D eigenvalue weighted by atomic mass is 9.99. The fraction of sp³-hybridized carbons (Fsp3) is 0.720. The average molecular weight is 487 g/mol. The van der Waals surface area contributed by atoms with Crippen LogP contribution in [0.2, 0.25) is 0 Å². The van der Waals surface area contributed by atoms with Crippen LogP contribution < -0.4 is 0 Å². The summed E-state index contributed by atoms with van der Waals surface area (Å²) in [5.74, 6) is -0.412. The Hall–Kier alpha value is -1.59. The van der Waals surface area contributed by atoms with Crippen LogP contribution in [-0.2, 0) is 19.0 Å². The summed E-state index contributed by atoms with van der Waals surface area (Å²) in [6, 6.07) is 0. The highest BCUT2D eigenvalue weighted by atomic mass is 16.7. The Morgan fingerprint density at radius 3 is 2.26 bits per heavy atom. The molecule has 0 radical (unpaired) electrons. The van der Waals surface area contributed by atoms with Gasteiger partial charge in [-0.25, -0.2) is 0 Å². The van der Waals surface area contributed by atoms with Gasteiger partial charge in [0.25, 0.3) is 0 Å². The molecular formula is C25H42O9. The van der Waals surface area contributed by atoms with Crippen LogP contribution >= 0.6 is 0 Å².